The number of fused-ring (bicyclic) bond motifs is 1. The first-order chi connectivity index (χ1) is 9.66. The summed E-state index contributed by atoms with van der Waals surface area (Å²) in [6.45, 7) is 0.564. The van der Waals surface area contributed by atoms with Crippen molar-refractivity contribution in [3.8, 4) is 0 Å². The highest BCUT2D eigenvalue weighted by Crippen LogP contribution is 2.22. The Morgan fingerprint density at radius 3 is 2.80 bits per heavy atom. The monoisotopic (exact) mass is 274 g/mol. The summed E-state index contributed by atoms with van der Waals surface area (Å²) in [6.07, 6.45) is 0. The Bertz CT molecular complexity index is 648. The molecule has 1 aliphatic rings. The number of benzene rings is 1. The minimum Gasteiger partial charge on any atom is -0.481 e. The summed E-state index contributed by atoms with van der Waals surface area (Å²) in [4.78, 5) is 17.3. The maximum atomic E-state index is 11.2. The highest BCUT2D eigenvalue weighted by Gasteiger charge is 2.37. The van der Waals surface area contributed by atoms with Crippen LogP contribution in [0.2, 0.25) is 0 Å². The van der Waals surface area contributed by atoms with Crippen LogP contribution >= 0.6 is 0 Å². The Morgan fingerprint density at radius 2 is 2.05 bits per heavy atom. The third-order valence-electron chi connectivity index (χ3n) is 3.53. The number of hydrogen-bond donors (Lipinski definition) is 1. The van der Waals surface area contributed by atoms with Crippen LogP contribution in [0.5, 0.6) is 0 Å². The van der Waals surface area contributed by atoms with Crippen molar-refractivity contribution in [3.63, 3.8) is 0 Å². The summed E-state index contributed by atoms with van der Waals surface area (Å²) >= 11 is 0. The van der Waals surface area contributed by atoms with Gasteiger partial charge in [-0.2, -0.15) is 0 Å². The summed E-state index contributed by atoms with van der Waals surface area (Å²) < 4.78 is 5.26. The van der Waals surface area contributed by atoms with Gasteiger partial charge in [0.05, 0.1) is 24.8 Å². The van der Waals surface area contributed by atoms with Crippen molar-refractivity contribution >= 4 is 23.0 Å². The van der Waals surface area contributed by atoms with Crippen molar-refractivity contribution in [2.24, 2.45) is 5.92 Å². The van der Waals surface area contributed by atoms with Crippen molar-refractivity contribution < 1.29 is 14.6 Å². The highest BCUT2D eigenvalue weighted by atomic mass is 16.5. The predicted octanol–water partition coefficient (Wildman–Crippen LogP) is 0.561. The Kier molecular flexibility index (Phi) is 3.19. The summed E-state index contributed by atoms with van der Waals surface area (Å²) in [5, 5.41) is 17.4. The molecule has 2 heterocycles. The van der Waals surface area contributed by atoms with E-state index >= 15 is 0 Å². The molecule has 20 heavy (non-hydrogen) atoms. The van der Waals surface area contributed by atoms with Gasteiger partial charge >= 0.3 is 5.97 Å². The molecule has 1 fully saturated rings. The van der Waals surface area contributed by atoms with Gasteiger partial charge in [-0.05, 0) is 12.1 Å². The second-order valence-electron chi connectivity index (χ2n) is 4.76. The molecule has 1 N–H and O–H groups in total. The van der Waals surface area contributed by atoms with E-state index in [0.29, 0.717) is 18.1 Å². The lowest BCUT2D eigenvalue weighted by Gasteiger charge is -2.25. The molecule has 2 unspecified atom stereocenters. The van der Waals surface area contributed by atoms with E-state index in [9.17, 15) is 9.90 Å². The quantitative estimate of drug-likeness (QED) is 0.874. The number of hydrogen-bond acceptors (Lipinski definition) is 6. The zero-order chi connectivity index (χ0) is 14.1. The number of carboxylic acid groups (broad SMARTS) is 1. The van der Waals surface area contributed by atoms with Gasteiger partial charge in [0.15, 0.2) is 0 Å². The third-order valence-corrected chi connectivity index (χ3v) is 3.53. The van der Waals surface area contributed by atoms with Crippen molar-refractivity contribution in [2.45, 2.75) is 6.04 Å². The average molecular weight is 274 g/mol. The summed E-state index contributed by atoms with van der Waals surface area (Å²) in [6, 6.07) is 7.14. The molecule has 0 aliphatic carbocycles. The molecule has 2 atom stereocenters. The molecule has 0 amide bonds. The molecule has 0 radical (unpaired) electrons. The van der Waals surface area contributed by atoms with E-state index in [4.69, 9.17) is 4.74 Å². The van der Waals surface area contributed by atoms with Gasteiger partial charge in [-0.15, -0.1) is 10.2 Å². The first-order valence-corrected chi connectivity index (χ1v) is 6.29. The fourth-order valence-corrected chi connectivity index (χ4v) is 2.33. The average Bonchev–Trinajstić information content (AvgIpc) is 2.95. The van der Waals surface area contributed by atoms with Gasteiger partial charge in [0.25, 0.3) is 0 Å². The van der Waals surface area contributed by atoms with Gasteiger partial charge in [0.2, 0.25) is 5.95 Å². The molecule has 104 valence electrons. The number of rotatable bonds is 3. The molecule has 7 nitrogen and oxygen atoms in total. The summed E-state index contributed by atoms with van der Waals surface area (Å²) in [7, 11) is 1.76. The van der Waals surface area contributed by atoms with Gasteiger partial charge in [0.1, 0.15) is 11.4 Å². The lowest BCUT2D eigenvalue weighted by molar-refractivity contribution is -0.141. The van der Waals surface area contributed by atoms with E-state index in [-0.39, 0.29) is 12.6 Å². The molecule has 7 heteroatoms. The number of aromatic nitrogens is 3. The van der Waals surface area contributed by atoms with Gasteiger partial charge in [-0.25, -0.2) is 4.98 Å². The molecular formula is C13H14N4O3. The topological polar surface area (TPSA) is 88.4 Å². The van der Waals surface area contributed by atoms with E-state index in [0.717, 1.165) is 5.52 Å². The van der Waals surface area contributed by atoms with Crippen LogP contribution < -0.4 is 4.90 Å². The van der Waals surface area contributed by atoms with E-state index in [1.807, 2.05) is 24.3 Å². The van der Waals surface area contributed by atoms with Crippen LogP contribution in [-0.4, -0.2) is 52.6 Å². The van der Waals surface area contributed by atoms with E-state index in [1.165, 1.54) is 0 Å². The summed E-state index contributed by atoms with van der Waals surface area (Å²) in [5.41, 5.74) is 1.44. The molecular weight excluding hydrogens is 260 g/mol. The molecule has 1 aromatic heterocycles. The largest absolute Gasteiger partial charge is 0.481 e. The van der Waals surface area contributed by atoms with Gasteiger partial charge in [-0.1, -0.05) is 12.1 Å². The van der Waals surface area contributed by atoms with E-state index in [1.54, 1.807) is 11.9 Å². The Balaban J connectivity index is 1.91. The Hall–Kier alpha value is -2.28. The Morgan fingerprint density at radius 1 is 1.30 bits per heavy atom. The van der Waals surface area contributed by atoms with Gasteiger partial charge < -0.3 is 14.7 Å². The zero-order valence-electron chi connectivity index (χ0n) is 10.9. The number of anilines is 1. The van der Waals surface area contributed by atoms with Crippen LogP contribution in [0, 0.1) is 5.92 Å². The highest BCUT2D eigenvalue weighted by molar-refractivity contribution is 5.75. The fraction of sp³-hybridized carbons (Fsp3) is 0.385. The molecule has 0 spiro atoms. The fourth-order valence-electron chi connectivity index (χ4n) is 2.33. The number of aliphatic carboxylic acids is 1. The normalized spacial score (nSPS) is 22.1. The first kappa shape index (κ1) is 12.7. The van der Waals surface area contributed by atoms with Crippen LogP contribution in [0.4, 0.5) is 5.95 Å². The van der Waals surface area contributed by atoms with Crippen molar-refractivity contribution in [3.05, 3.63) is 24.3 Å². The minimum absolute atomic E-state index is 0.214. The van der Waals surface area contributed by atoms with Crippen LogP contribution in [0.3, 0.4) is 0 Å². The van der Waals surface area contributed by atoms with Crippen LogP contribution in [0.15, 0.2) is 24.3 Å². The maximum Gasteiger partial charge on any atom is 0.311 e. The molecule has 1 saturated heterocycles. The van der Waals surface area contributed by atoms with Crippen molar-refractivity contribution in [2.75, 3.05) is 25.2 Å². The van der Waals surface area contributed by atoms with Crippen molar-refractivity contribution in [1.82, 2.24) is 15.2 Å². The van der Waals surface area contributed by atoms with Crippen LogP contribution in [-0.2, 0) is 9.53 Å². The van der Waals surface area contributed by atoms with Crippen molar-refractivity contribution in [1.29, 1.82) is 0 Å². The predicted molar refractivity (Wildman–Crippen MR) is 71.5 cm³/mol. The van der Waals surface area contributed by atoms with E-state index in [2.05, 4.69) is 15.2 Å². The second kappa shape index (κ2) is 5.01. The minimum atomic E-state index is -0.868. The zero-order valence-corrected chi connectivity index (χ0v) is 10.9. The Labute approximate surface area is 115 Å². The molecule has 1 aliphatic heterocycles. The molecule has 0 bridgehead atoms. The van der Waals surface area contributed by atoms with Gasteiger partial charge in [0, 0.05) is 7.05 Å². The second-order valence-corrected chi connectivity index (χ2v) is 4.76. The molecule has 2 aromatic rings. The maximum absolute atomic E-state index is 11.2. The van der Waals surface area contributed by atoms with Crippen LogP contribution in [0.25, 0.3) is 11.0 Å². The lowest BCUT2D eigenvalue weighted by atomic mass is 10.0. The lowest BCUT2D eigenvalue weighted by Crippen LogP contribution is -2.41. The van der Waals surface area contributed by atoms with Gasteiger partial charge in [-0.3, -0.25) is 4.79 Å². The number of carboxylic acids is 1. The molecule has 0 saturated carbocycles. The third kappa shape index (κ3) is 2.16. The number of likely N-dealkylation sites (N-methyl/N-ethyl adjacent to an activating group) is 1. The molecule has 3 rings (SSSR count). The SMILES string of the molecule is CN(c1nnc2ccccc2n1)C1COCC1C(=O)O. The number of carbonyl (C=O) groups is 1. The number of ether oxygens (including phenoxy) is 1. The smallest absolute Gasteiger partial charge is 0.311 e. The van der Waals surface area contributed by atoms with Crippen LogP contribution in [0.1, 0.15) is 0 Å². The number of para-hydroxylation sites is 1. The standard InChI is InChI=1S/C13H14N4O3/c1-17(11-7-20-6-8(11)12(18)19)13-14-9-4-2-3-5-10(9)15-16-13/h2-5,8,11H,6-7H2,1H3,(H,18,19). The summed E-state index contributed by atoms with van der Waals surface area (Å²) in [5.74, 6) is -1.03. The molecule has 1 aromatic carbocycles. The number of nitrogens with zero attached hydrogens (tertiary/aromatic N) is 4. The van der Waals surface area contributed by atoms with E-state index < -0.39 is 11.9 Å². The first-order valence-electron chi connectivity index (χ1n) is 6.29.